The second-order valence-electron chi connectivity index (χ2n) is 5.03. The third kappa shape index (κ3) is 3.24. The molecule has 0 saturated heterocycles. The monoisotopic (exact) mass is 362 g/mol. The van der Waals surface area contributed by atoms with E-state index in [1.807, 2.05) is 11.4 Å². The highest BCUT2D eigenvalue weighted by Crippen LogP contribution is 2.39. The quantitative estimate of drug-likeness (QED) is 0.534. The van der Waals surface area contributed by atoms with Crippen LogP contribution in [-0.4, -0.2) is 30.3 Å². The highest BCUT2D eigenvalue weighted by Gasteiger charge is 2.18. The van der Waals surface area contributed by atoms with Crippen LogP contribution in [0.5, 0.6) is 5.75 Å². The average Bonchev–Trinajstić information content (AvgIpc) is 3.03. The summed E-state index contributed by atoms with van der Waals surface area (Å²) in [7, 11) is 1.58. The van der Waals surface area contributed by atoms with E-state index in [2.05, 4.69) is 4.98 Å². The maximum absolute atomic E-state index is 13.7. The molecular formula is C17H15FN2O2S2. The number of nitrogens with zero attached hydrogens (tertiary/aromatic N) is 1. The van der Waals surface area contributed by atoms with E-state index in [4.69, 9.17) is 27.4 Å². The van der Waals surface area contributed by atoms with Gasteiger partial charge in [0.15, 0.2) is 0 Å². The number of nitrogens with two attached hydrogens (primary N) is 1. The van der Waals surface area contributed by atoms with Crippen LogP contribution in [0.3, 0.4) is 0 Å². The first-order valence-corrected chi connectivity index (χ1v) is 8.48. The SMILES string of the molecule is COCCOc1cc(F)ccc1-c1c(C(N)=S)ncc2ccsc12. The van der Waals surface area contributed by atoms with Crippen LogP contribution in [0.2, 0.25) is 0 Å². The Morgan fingerprint density at radius 2 is 2.17 bits per heavy atom. The van der Waals surface area contributed by atoms with Gasteiger partial charge in [0, 0.05) is 40.6 Å². The maximum Gasteiger partial charge on any atom is 0.130 e. The van der Waals surface area contributed by atoms with Gasteiger partial charge in [-0.25, -0.2) is 4.39 Å². The summed E-state index contributed by atoms with van der Waals surface area (Å²) in [6.07, 6.45) is 1.73. The predicted octanol–water partition coefficient (Wildman–Crippen LogP) is 3.76. The van der Waals surface area contributed by atoms with E-state index in [0.29, 0.717) is 30.2 Å². The van der Waals surface area contributed by atoms with Gasteiger partial charge in [-0.2, -0.15) is 0 Å². The van der Waals surface area contributed by atoms with Gasteiger partial charge in [-0.1, -0.05) is 12.2 Å². The van der Waals surface area contributed by atoms with Crippen molar-refractivity contribution in [1.82, 2.24) is 4.98 Å². The van der Waals surface area contributed by atoms with Crippen LogP contribution in [0.15, 0.2) is 35.8 Å². The van der Waals surface area contributed by atoms with Crippen LogP contribution in [0.25, 0.3) is 21.2 Å². The molecule has 2 aromatic heterocycles. The van der Waals surface area contributed by atoms with E-state index in [1.54, 1.807) is 30.7 Å². The molecular weight excluding hydrogens is 347 g/mol. The summed E-state index contributed by atoms with van der Waals surface area (Å²) in [4.78, 5) is 4.57. The molecule has 0 aliphatic rings. The molecule has 0 fully saturated rings. The summed E-state index contributed by atoms with van der Waals surface area (Å²) in [6, 6.07) is 6.36. The number of hydrogen-bond acceptors (Lipinski definition) is 5. The molecule has 0 unspecified atom stereocenters. The summed E-state index contributed by atoms with van der Waals surface area (Å²) >= 11 is 6.70. The summed E-state index contributed by atoms with van der Waals surface area (Å²) in [5, 5.41) is 2.94. The first-order valence-electron chi connectivity index (χ1n) is 7.19. The summed E-state index contributed by atoms with van der Waals surface area (Å²) in [5.41, 5.74) is 7.83. The molecule has 0 radical (unpaired) electrons. The molecule has 124 valence electrons. The van der Waals surface area contributed by atoms with Crippen LogP contribution < -0.4 is 10.5 Å². The van der Waals surface area contributed by atoms with Crippen molar-refractivity contribution in [2.24, 2.45) is 5.73 Å². The normalized spacial score (nSPS) is 10.9. The number of fused-ring (bicyclic) bond motifs is 1. The Morgan fingerprint density at radius 1 is 1.33 bits per heavy atom. The lowest BCUT2D eigenvalue weighted by atomic mass is 10.0. The molecule has 3 aromatic rings. The van der Waals surface area contributed by atoms with Gasteiger partial charge < -0.3 is 15.2 Å². The molecule has 0 amide bonds. The first-order chi connectivity index (χ1) is 11.6. The average molecular weight is 362 g/mol. The minimum Gasteiger partial charge on any atom is -0.490 e. The number of thiocarbonyl (C=S) groups is 1. The number of aromatic nitrogens is 1. The Bertz CT molecular complexity index is 895. The fourth-order valence-electron chi connectivity index (χ4n) is 2.42. The van der Waals surface area contributed by atoms with E-state index < -0.39 is 0 Å². The Morgan fingerprint density at radius 3 is 2.92 bits per heavy atom. The van der Waals surface area contributed by atoms with Crippen LogP contribution in [0, 0.1) is 5.82 Å². The predicted molar refractivity (Wildman–Crippen MR) is 98.3 cm³/mol. The number of rotatable bonds is 6. The molecule has 4 nitrogen and oxygen atoms in total. The topological polar surface area (TPSA) is 57.4 Å². The molecule has 0 saturated carbocycles. The van der Waals surface area contributed by atoms with Crippen LogP contribution in [0.4, 0.5) is 4.39 Å². The Kier molecular flexibility index (Phi) is 5.03. The zero-order valence-electron chi connectivity index (χ0n) is 12.9. The molecule has 24 heavy (non-hydrogen) atoms. The summed E-state index contributed by atoms with van der Waals surface area (Å²) in [6.45, 7) is 0.711. The molecule has 7 heteroatoms. The lowest BCUT2D eigenvalue weighted by Crippen LogP contribution is -2.13. The van der Waals surface area contributed by atoms with Crippen LogP contribution in [0.1, 0.15) is 5.69 Å². The molecule has 1 aromatic carbocycles. The summed E-state index contributed by atoms with van der Waals surface area (Å²) < 4.78 is 25.4. The maximum atomic E-state index is 13.7. The molecule has 0 spiro atoms. The zero-order valence-corrected chi connectivity index (χ0v) is 14.5. The van der Waals surface area contributed by atoms with E-state index in [9.17, 15) is 4.39 Å². The Balaban J connectivity index is 2.21. The lowest BCUT2D eigenvalue weighted by Gasteiger charge is -2.15. The van der Waals surface area contributed by atoms with Gasteiger partial charge >= 0.3 is 0 Å². The van der Waals surface area contributed by atoms with E-state index in [1.165, 1.54) is 12.1 Å². The van der Waals surface area contributed by atoms with Crippen molar-refractivity contribution in [3.05, 3.63) is 47.4 Å². The number of halogens is 1. The second-order valence-corrected chi connectivity index (χ2v) is 6.39. The number of ether oxygens (including phenoxy) is 2. The second kappa shape index (κ2) is 7.21. The number of pyridine rings is 1. The Hall–Kier alpha value is -2.09. The fraction of sp³-hybridized carbons (Fsp3) is 0.176. The highest BCUT2D eigenvalue weighted by molar-refractivity contribution is 7.80. The number of thiophene rings is 1. The smallest absolute Gasteiger partial charge is 0.130 e. The largest absolute Gasteiger partial charge is 0.490 e. The molecule has 2 heterocycles. The number of methoxy groups -OCH3 is 1. The van der Waals surface area contributed by atoms with Crippen molar-refractivity contribution in [1.29, 1.82) is 0 Å². The van der Waals surface area contributed by atoms with Crippen LogP contribution in [-0.2, 0) is 4.74 Å². The molecule has 3 rings (SSSR count). The minimum atomic E-state index is -0.380. The van der Waals surface area contributed by atoms with Gasteiger partial charge in [-0.05, 0) is 23.6 Å². The van der Waals surface area contributed by atoms with Crippen molar-refractivity contribution in [2.45, 2.75) is 0 Å². The minimum absolute atomic E-state index is 0.187. The van der Waals surface area contributed by atoms with Gasteiger partial charge in [0.25, 0.3) is 0 Å². The first kappa shape index (κ1) is 16.8. The van der Waals surface area contributed by atoms with Crippen molar-refractivity contribution < 1.29 is 13.9 Å². The van der Waals surface area contributed by atoms with Gasteiger partial charge in [-0.3, -0.25) is 4.98 Å². The van der Waals surface area contributed by atoms with Gasteiger partial charge in [0.2, 0.25) is 0 Å². The number of benzene rings is 1. The summed E-state index contributed by atoms with van der Waals surface area (Å²) in [5.74, 6) is 0.0293. The van der Waals surface area contributed by atoms with E-state index in [0.717, 1.165) is 15.6 Å². The highest BCUT2D eigenvalue weighted by atomic mass is 32.1. The molecule has 0 aliphatic heterocycles. The van der Waals surface area contributed by atoms with Crippen molar-refractivity contribution in [2.75, 3.05) is 20.3 Å². The molecule has 0 aliphatic carbocycles. The van der Waals surface area contributed by atoms with Gasteiger partial charge in [0.05, 0.1) is 6.61 Å². The lowest BCUT2D eigenvalue weighted by molar-refractivity contribution is 0.146. The molecule has 2 N–H and O–H groups in total. The van der Waals surface area contributed by atoms with E-state index >= 15 is 0 Å². The molecule has 0 bridgehead atoms. The third-order valence-corrected chi connectivity index (χ3v) is 4.62. The third-order valence-electron chi connectivity index (χ3n) is 3.48. The van der Waals surface area contributed by atoms with Crippen LogP contribution >= 0.6 is 23.6 Å². The van der Waals surface area contributed by atoms with Crippen molar-refractivity contribution >= 4 is 38.6 Å². The van der Waals surface area contributed by atoms with Crippen molar-refractivity contribution in [3.63, 3.8) is 0 Å². The molecule has 0 atom stereocenters. The fourth-order valence-corrected chi connectivity index (χ4v) is 3.51. The Labute approximate surface area is 148 Å². The van der Waals surface area contributed by atoms with E-state index in [-0.39, 0.29) is 10.8 Å². The standard InChI is InChI=1S/C17H15FN2O2S2/c1-21-5-6-22-13-8-11(18)2-3-12(13)14-15(17(19)23)20-9-10-4-7-24-16(10)14/h2-4,7-9H,5-6H2,1H3,(H2,19,23). The number of hydrogen-bond donors (Lipinski definition) is 1. The van der Waals surface area contributed by atoms with Gasteiger partial charge in [-0.15, -0.1) is 11.3 Å². The van der Waals surface area contributed by atoms with Gasteiger partial charge in [0.1, 0.15) is 28.9 Å². The zero-order chi connectivity index (χ0) is 17.1. The van der Waals surface area contributed by atoms with Crippen molar-refractivity contribution in [3.8, 4) is 16.9 Å².